The van der Waals surface area contributed by atoms with Crippen molar-refractivity contribution in [1.82, 2.24) is 9.55 Å². The summed E-state index contributed by atoms with van der Waals surface area (Å²) in [7, 11) is 1.57. The number of aliphatic imine (C=N–C) groups is 1. The summed E-state index contributed by atoms with van der Waals surface area (Å²) in [5, 5.41) is 9.16. The summed E-state index contributed by atoms with van der Waals surface area (Å²) in [6.45, 7) is 1.81. The third-order valence-corrected chi connectivity index (χ3v) is 2.96. The molecule has 0 saturated carbocycles. The van der Waals surface area contributed by atoms with Crippen molar-refractivity contribution in [1.29, 1.82) is 5.26 Å². The zero-order valence-electron chi connectivity index (χ0n) is 12.7. The highest BCUT2D eigenvalue weighted by Crippen LogP contribution is 2.20. The van der Waals surface area contributed by atoms with Crippen molar-refractivity contribution in [2.75, 3.05) is 19.5 Å². The first kappa shape index (κ1) is 16.0. The van der Waals surface area contributed by atoms with Crippen LogP contribution in [0.3, 0.4) is 0 Å². The number of hydrogen-bond donors (Lipinski definition) is 1. The Labute approximate surface area is 132 Å². The van der Waals surface area contributed by atoms with Gasteiger partial charge in [-0.2, -0.15) is 10.3 Å². The summed E-state index contributed by atoms with van der Waals surface area (Å²) in [5.41, 5.74) is 6.67. The Kier molecular flexibility index (Phi) is 4.94. The molecule has 1 amide bonds. The number of imidazole rings is 1. The minimum Gasteiger partial charge on any atom is -0.497 e. The predicted octanol–water partition coefficient (Wildman–Crippen LogP) is 1.93. The third kappa shape index (κ3) is 3.47. The number of ether oxygens (including phenoxy) is 2. The number of nitrogen functional groups attached to an aromatic ring is 1. The van der Waals surface area contributed by atoms with Gasteiger partial charge in [-0.1, -0.05) is 0 Å². The number of rotatable bonds is 4. The number of anilines is 1. The minimum atomic E-state index is -0.859. The first-order chi connectivity index (χ1) is 11.1. The number of carbonyl (C=O) groups excluding carboxylic acids is 1. The Morgan fingerprint density at radius 3 is 2.70 bits per heavy atom. The highest BCUT2D eigenvalue weighted by Gasteiger charge is 2.16. The van der Waals surface area contributed by atoms with Gasteiger partial charge in [-0.25, -0.2) is 9.78 Å². The molecule has 0 saturated heterocycles. The van der Waals surface area contributed by atoms with Crippen molar-refractivity contribution in [3.05, 3.63) is 36.3 Å². The minimum absolute atomic E-state index is 0.122. The van der Waals surface area contributed by atoms with Gasteiger partial charge in [0.1, 0.15) is 29.7 Å². The highest BCUT2D eigenvalue weighted by atomic mass is 16.5. The molecule has 0 fully saturated rings. The predicted molar refractivity (Wildman–Crippen MR) is 83.7 cm³/mol. The molecule has 118 valence electrons. The molecule has 8 nitrogen and oxygen atoms in total. The molecule has 0 radical (unpaired) electrons. The van der Waals surface area contributed by atoms with E-state index in [1.165, 1.54) is 6.33 Å². The van der Waals surface area contributed by atoms with E-state index in [1.54, 1.807) is 48.9 Å². The van der Waals surface area contributed by atoms with Crippen LogP contribution in [0, 0.1) is 11.3 Å². The molecule has 8 heteroatoms. The van der Waals surface area contributed by atoms with Crippen LogP contribution in [0.2, 0.25) is 0 Å². The second-order valence-electron chi connectivity index (χ2n) is 4.32. The van der Waals surface area contributed by atoms with Gasteiger partial charge in [0.15, 0.2) is 5.71 Å². The molecule has 23 heavy (non-hydrogen) atoms. The molecule has 1 aromatic carbocycles. The van der Waals surface area contributed by atoms with Gasteiger partial charge >= 0.3 is 6.09 Å². The fourth-order valence-corrected chi connectivity index (χ4v) is 1.87. The number of aromatic nitrogens is 2. The van der Waals surface area contributed by atoms with Crippen LogP contribution in [0.15, 0.2) is 35.6 Å². The van der Waals surface area contributed by atoms with Crippen molar-refractivity contribution in [3.63, 3.8) is 0 Å². The number of amides is 1. The normalized spacial score (nSPS) is 10.9. The number of hydrogen-bond acceptors (Lipinski definition) is 6. The largest absolute Gasteiger partial charge is 0.497 e. The number of benzene rings is 1. The molecule has 0 aliphatic carbocycles. The van der Waals surface area contributed by atoms with Crippen molar-refractivity contribution in [3.8, 4) is 17.5 Å². The second kappa shape index (κ2) is 7.09. The van der Waals surface area contributed by atoms with E-state index in [1.807, 2.05) is 0 Å². The number of carbonyl (C=O) groups is 1. The van der Waals surface area contributed by atoms with E-state index in [0.29, 0.717) is 5.75 Å². The van der Waals surface area contributed by atoms with Gasteiger partial charge in [0, 0.05) is 5.69 Å². The van der Waals surface area contributed by atoms with E-state index in [4.69, 9.17) is 15.7 Å². The van der Waals surface area contributed by atoms with Gasteiger partial charge in [0.25, 0.3) is 0 Å². The van der Waals surface area contributed by atoms with Gasteiger partial charge in [-0.05, 0) is 31.2 Å². The van der Waals surface area contributed by atoms with Gasteiger partial charge in [-0.3, -0.25) is 4.57 Å². The average Bonchev–Trinajstić information content (AvgIpc) is 2.94. The molecule has 1 heterocycles. The summed E-state index contributed by atoms with van der Waals surface area (Å²) in [6.07, 6.45) is 0.590. The summed E-state index contributed by atoms with van der Waals surface area (Å²) in [6, 6.07) is 8.92. The zero-order valence-corrected chi connectivity index (χ0v) is 12.7. The fourth-order valence-electron chi connectivity index (χ4n) is 1.87. The van der Waals surface area contributed by atoms with E-state index in [2.05, 4.69) is 14.7 Å². The third-order valence-electron chi connectivity index (χ3n) is 2.96. The van der Waals surface area contributed by atoms with E-state index < -0.39 is 6.09 Å². The van der Waals surface area contributed by atoms with Crippen LogP contribution in [0.5, 0.6) is 5.75 Å². The van der Waals surface area contributed by atoms with Crippen LogP contribution in [0.1, 0.15) is 12.6 Å². The maximum atomic E-state index is 11.4. The van der Waals surface area contributed by atoms with Crippen LogP contribution >= 0.6 is 0 Å². The first-order valence-corrected chi connectivity index (χ1v) is 6.73. The summed E-state index contributed by atoms with van der Waals surface area (Å²) in [5.74, 6) is 0.897. The standard InChI is InChI=1S/C15H15N5O3/c1-3-23-15(21)19-12(8-16)13-14(17)20(9-18-13)10-4-6-11(22-2)7-5-10/h4-7,9H,3,17H2,1-2H3/b19-12+. The molecule has 2 rings (SSSR count). The van der Waals surface area contributed by atoms with Crippen molar-refractivity contribution >= 4 is 17.6 Å². The van der Waals surface area contributed by atoms with Crippen LogP contribution < -0.4 is 10.5 Å². The van der Waals surface area contributed by atoms with Gasteiger partial charge in [0.05, 0.1) is 13.7 Å². The lowest BCUT2D eigenvalue weighted by Crippen LogP contribution is -2.09. The first-order valence-electron chi connectivity index (χ1n) is 6.73. The Bertz CT molecular complexity index is 771. The monoisotopic (exact) mass is 313 g/mol. The highest BCUT2D eigenvalue weighted by molar-refractivity contribution is 6.16. The SMILES string of the molecule is CCOC(=O)/N=C(\C#N)c1ncn(-c2ccc(OC)cc2)c1N. The van der Waals surface area contributed by atoms with Crippen molar-refractivity contribution in [2.45, 2.75) is 6.92 Å². The van der Waals surface area contributed by atoms with Crippen LogP contribution in [-0.4, -0.2) is 35.1 Å². The zero-order chi connectivity index (χ0) is 16.8. The van der Waals surface area contributed by atoms with Crippen LogP contribution in [0.25, 0.3) is 5.69 Å². The molecule has 0 bridgehead atoms. The second-order valence-corrected chi connectivity index (χ2v) is 4.32. The topological polar surface area (TPSA) is 116 Å². The summed E-state index contributed by atoms with van der Waals surface area (Å²) >= 11 is 0. The Morgan fingerprint density at radius 1 is 1.43 bits per heavy atom. The lowest BCUT2D eigenvalue weighted by molar-refractivity contribution is 0.163. The molecule has 0 aliphatic rings. The van der Waals surface area contributed by atoms with E-state index in [9.17, 15) is 4.79 Å². The van der Waals surface area contributed by atoms with Crippen LogP contribution in [0.4, 0.5) is 10.6 Å². The van der Waals surface area contributed by atoms with Crippen molar-refractivity contribution < 1.29 is 14.3 Å². The van der Waals surface area contributed by atoms with E-state index in [0.717, 1.165) is 5.69 Å². The molecule has 0 atom stereocenters. The van der Waals surface area contributed by atoms with Crippen molar-refractivity contribution in [2.24, 2.45) is 4.99 Å². The number of methoxy groups -OCH3 is 1. The van der Waals surface area contributed by atoms with Gasteiger partial charge < -0.3 is 15.2 Å². The molecule has 1 aromatic heterocycles. The average molecular weight is 313 g/mol. The van der Waals surface area contributed by atoms with Gasteiger partial charge in [-0.15, -0.1) is 0 Å². The lowest BCUT2D eigenvalue weighted by Gasteiger charge is -2.06. The molecule has 0 spiro atoms. The Morgan fingerprint density at radius 2 is 2.13 bits per heavy atom. The Hall–Kier alpha value is -3.34. The molecular weight excluding hydrogens is 298 g/mol. The fraction of sp³-hybridized carbons (Fsp3) is 0.200. The summed E-state index contributed by atoms with van der Waals surface area (Å²) in [4.78, 5) is 19.0. The molecule has 0 aliphatic heterocycles. The quantitative estimate of drug-likeness (QED) is 0.862. The molecule has 2 N–H and O–H groups in total. The number of nitrogens with two attached hydrogens (primary N) is 1. The smallest absolute Gasteiger partial charge is 0.434 e. The maximum Gasteiger partial charge on any atom is 0.434 e. The maximum absolute atomic E-state index is 11.4. The Balaban J connectivity index is 2.37. The molecular formula is C15H15N5O3. The van der Waals surface area contributed by atoms with Crippen LogP contribution in [-0.2, 0) is 4.74 Å². The van der Waals surface area contributed by atoms with Gasteiger partial charge in [0.2, 0.25) is 0 Å². The number of nitrogens with zero attached hydrogens (tertiary/aromatic N) is 4. The number of nitriles is 1. The molecule has 2 aromatic rings. The summed E-state index contributed by atoms with van der Waals surface area (Å²) < 4.78 is 11.4. The lowest BCUT2D eigenvalue weighted by atomic mass is 10.2. The molecule has 0 unspecified atom stereocenters. The van der Waals surface area contributed by atoms with E-state index >= 15 is 0 Å². The van der Waals surface area contributed by atoms with E-state index in [-0.39, 0.29) is 23.8 Å².